The number of hydrogen-bond donors (Lipinski definition) is 2. The Morgan fingerprint density at radius 2 is 2.00 bits per heavy atom. The molecule has 4 heteroatoms. The number of hydrogen-bond acceptors (Lipinski definition) is 3. The van der Waals surface area contributed by atoms with Crippen LogP contribution in [0.4, 0.5) is 5.69 Å². The average Bonchev–Trinajstić information content (AvgIpc) is 2.51. The van der Waals surface area contributed by atoms with Crippen molar-refractivity contribution in [1.82, 2.24) is 10.3 Å². The molecule has 0 radical (unpaired) electrons. The fraction of sp³-hybridized carbons (Fsp3) is 0.688. The molecule has 1 aromatic rings. The number of halogens is 1. The quantitative estimate of drug-likeness (QED) is 0.819. The smallest absolute Gasteiger partial charge is 0.129 e. The lowest BCUT2D eigenvalue weighted by Gasteiger charge is -2.40. The van der Waals surface area contributed by atoms with Crippen molar-refractivity contribution in [3.05, 3.63) is 22.9 Å². The molecule has 0 aromatic carbocycles. The van der Waals surface area contributed by atoms with Crippen molar-refractivity contribution in [3.63, 3.8) is 0 Å². The van der Waals surface area contributed by atoms with Crippen LogP contribution >= 0.6 is 15.9 Å². The first kappa shape index (κ1) is 14.3. The predicted molar refractivity (Wildman–Crippen MR) is 86.9 cm³/mol. The number of nitrogens with zero attached hydrogens (tertiary/aromatic N) is 1. The van der Waals surface area contributed by atoms with Gasteiger partial charge in [-0.3, -0.25) is 0 Å². The summed E-state index contributed by atoms with van der Waals surface area (Å²) in [6.45, 7) is 1.20. The van der Waals surface area contributed by atoms with Gasteiger partial charge in [-0.15, -0.1) is 0 Å². The maximum absolute atomic E-state index is 4.32. The normalized spacial score (nSPS) is 30.9. The van der Waals surface area contributed by atoms with Gasteiger partial charge in [-0.05, 0) is 66.2 Å². The van der Waals surface area contributed by atoms with Gasteiger partial charge in [0, 0.05) is 18.3 Å². The van der Waals surface area contributed by atoms with Gasteiger partial charge in [0.05, 0.1) is 5.69 Å². The van der Waals surface area contributed by atoms with E-state index in [1.807, 2.05) is 12.3 Å². The van der Waals surface area contributed by atoms with Crippen molar-refractivity contribution >= 4 is 21.6 Å². The molecule has 3 atom stereocenters. The summed E-state index contributed by atoms with van der Waals surface area (Å²) < 4.78 is 0.931. The molecule has 1 aliphatic carbocycles. The van der Waals surface area contributed by atoms with Crippen molar-refractivity contribution in [3.8, 4) is 0 Å². The molecule has 110 valence electrons. The van der Waals surface area contributed by atoms with E-state index >= 15 is 0 Å². The highest BCUT2D eigenvalue weighted by atomic mass is 79.9. The second kappa shape index (κ2) is 6.90. The number of nitrogens with one attached hydrogen (secondary N) is 2. The zero-order valence-electron chi connectivity index (χ0n) is 11.9. The zero-order chi connectivity index (χ0) is 13.8. The first-order valence-corrected chi connectivity index (χ1v) is 8.74. The summed E-state index contributed by atoms with van der Waals surface area (Å²) in [5.74, 6) is 0.760. The fourth-order valence-corrected chi connectivity index (χ4v) is 4.12. The zero-order valence-corrected chi connectivity index (χ0v) is 13.5. The molecule has 0 amide bonds. The van der Waals surface area contributed by atoms with Gasteiger partial charge < -0.3 is 10.6 Å². The molecule has 3 rings (SSSR count). The molecule has 0 spiro atoms. The van der Waals surface area contributed by atoms with Gasteiger partial charge in [0.15, 0.2) is 0 Å². The molecule has 1 saturated heterocycles. The van der Waals surface area contributed by atoms with Gasteiger partial charge in [-0.1, -0.05) is 19.3 Å². The number of rotatable bonds is 3. The first-order valence-electron chi connectivity index (χ1n) is 7.95. The van der Waals surface area contributed by atoms with E-state index in [2.05, 4.69) is 37.6 Å². The molecule has 2 fully saturated rings. The first-order chi connectivity index (χ1) is 9.84. The Bertz CT molecular complexity index is 431. The summed E-state index contributed by atoms with van der Waals surface area (Å²) in [5, 5.41) is 7.50. The highest BCUT2D eigenvalue weighted by molar-refractivity contribution is 9.10. The number of pyridine rings is 1. The Kier molecular flexibility index (Phi) is 4.94. The third-order valence-corrected chi connectivity index (χ3v) is 5.42. The Labute approximate surface area is 130 Å². The van der Waals surface area contributed by atoms with Crippen LogP contribution in [0, 0.1) is 5.92 Å². The van der Waals surface area contributed by atoms with Gasteiger partial charge in [-0.2, -0.15) is 0 Å². The van der Waals surface area contributed by atoms with Crippen LogP contribution in [0.25, 0.3) is 0 Å². The molecular weight excluding hydrogens is 314 g/mol. The number of aromatic nitrogens is 1. The van der Waals surface area contributed by atoms with E-state index in [1.54, 1.807) is 0 Å². The van der Waals surface area contributed by atoms with Crippen LogP contribution in [0.5, 0.6) is 0 Å². The second-order valence-corrected chi connectivity index (χ2v) is 6.85. The topological polar surface area (TPSA) is 37.0 Å². The van der Waals surface area contributed by atoms with Gasteiger partial charge in [0.1, 0.15) is 4.60 Å². The summed E-state index contributed by atoms with van der Waals surface area (Å²) >= 11 is 3.55. The molecule has 1 saturated carbocycles. The minimum absolute atomic E-state index is 0.583. The van der Waals surface area contributed by atoms with E-state index in [9.17, 15) is 0 Å². The average molecular weight is 338 g/mol. The van der Waals surface area contributed by atoms with E-state index in [-0.39, 0.29) is 0 Å². The molecule has 2 N–H and O–H groups in total. The largest absolute Gasteiger partial charge is 0.380 e. The summed E-state index contributed by atoms with van der Waals surface area (Å²) in [6.07, 6.45) is 11.3. The van der Waals surface area contributed by atoms with Crippen molar-refractivity contribution < 1.29 is 0 Å². The lowest BCUT2D eigenvalue weighted by Crippen LogP contribution is -2.48. The maximum Gasteiger partial charge on any atom is 0.129 e. The van der Waals surface area contributed by atoms with E-state index in [0.29, 0.717) is 12.1 Å². The Balaban J connectivity index is 1.70. The fourth-order valence-electron chi connectivity index (χ4n) is 3.76. The molecule has 1 aromatic heterocycles. The summed E-state index contributed by atoms with van der Waals surface area (Å²) in [7, 11) is 0. The second-order valence-electron chi connectivity index (χ2n) is 6.10. The summed E-state index contributed by atoms with van der Waals surface area (Å²) in [4.78, 5) is 4.32. The summed E-state index contributed by atoms with van der Waals surface area (Å²) in [6, 6.07) is 5.41. The highest BCUT2D eigenvalue weighted by Crippen LogP contribution is 2.33. The Morgan fingerprint density at radius 1 is 1.15 bits per heavy atom. The van der Waals surface area contributed by atoms with E-state index in [0.717, 1.165) is 16.2 Å². The number of piperidine rings is 1. The third-order valence-electron chi connectivity index (χ3n) is 4.78. The van der Waals surface area contributed by atoms with Crippen molar-refractivity contribution in [2.75, 3.05) is 11.9 Å². The van der Waals surface area contributed by atoms with Crippen molar-refractivity contribution in [2.45, 2.75) is 57.0 Å². The third kappa shape index (κ3) is 3.34. The number of anilines is 1. The molecular formula is C16H24BrN3. The molecule has 2 heterocycles. The van der Waals surface area contributed by atoms with Crippen molar-refractivity contribution in [2.24, 2.45) is 5.92 Å². The van der Waals surface area contributed by atoms with Crippen LogP contribution in [0.2, 0.25) is 0 Å². The van der Waals surface area contributed by atoms with Gasteiger partial charge >= 0.3 is 0 Å². The van der Waals surface area contributed by atoms with Gasteiger partial charge in [0.25, 0.3) is 0 Å². The van der Waals surface area contributed by atoms with Crippen LogP contribution in [0.15, 0.2) is 22.9 Å². The Morgan fingerprint density at radius 3 is 2.80 bits per heavy atom. The minimum atomic E-state index is 0.583. The van der Waals surface area contributed by atoms with Crippen LogP contribution in [-0.2, 0) is 0 Å². The molecule has 1 aliphatic heterocycles. The summed E-state index contributed by atoms with van der Waals surface area (Å²) in [5.41, 5.74) is 1.14. The van der Waals surface area contributed by atoms with E-state index < -0.39 is 0 Å². The lowest BCUT2D eigenvalue weighted by molar-refractivity contribution is 0.217. The molecule has 0 bridgehead atoms. The molecule has 3 unspecified atom stereocenters. The van der Waals surface area contributed by atoms with E-state index in [4.69, 9.17) is 0 Å². The monoisotopic (exact) mass is 337 g/mol. The van der Waals surface area contributed by atoms with Crippen LogP contribution in [0.3, 0.4) is 0 Å². The minimum Gasteiger partial charge on any atom is -0.380 e. The van der Waals surface area contributed by atoms with Crippen LogP contribution in [0.1, 0.15) is 44.9 Å². The van der Waals surface area contributed by atoms with Gasteiger partial charge in [0.2, 0.25) is 0 Å². The van der Waals surface area contributed by atoms with Crippen LogP contribution < -0.4 is 10.6 Å². The van der Waals surface area contributed by atoms with Crippen molar-refractivity contribution in [1.29, 1.82) is 0 Å². The van der Waals surface area contributed by atoms with Gasteiger partial charge in [-0.25, -0.2) is 4.98 Å². The highest BCUT2D eigenvalue weighted by Gasteiger charge is 2.32. The van der Waals surface area contributed by atoms with E-state index in [1.165, 1.54) is 51.5 Å². The predicted octanol–water partition coefficient (Wildman–Crippen LogP) is 3.96. The van der Waals surface area contributed by atoms with Crippen LogP contribution in [-0.4, -0.2) is 23.6 Å². The Hall–Kier alpha value is -0.610. The SMILES string of the molecule is Brc1ncccc1NC1CCCCC1C1CCCCN1. The standard InChI is InChI=1S/C16H24BrN3/c17-16-15(9-5-11-19-16)20-14-8-2-1-6-12(14)13-7-3-4-10-18-13/h5,9,11-14,18,20H,1-4,6-8,10H2. The lowest BCUT2D eigenvalue weighted by atomic mass is 9.77. The molecule has 2 aliphatic rings. The molecule has 3 nitrogen and oxygen atoms in total. The molecule has 20 heavy (non-hydrogen) atoms. The maximum atomic E-state index is 4.32.